The summed E-state index contributed by atoms with van der Waals surface area (Å²) < 4.78 is 26.0. The number of carboxylic acids is 1. The minimum absolute atomic E-state index is 0.139. The Morgan fingerprint density at radius 1 is 0.808 bits per heavy atom. The fourth-order valence-corrected chi connectivity index (χ4v) is 2.67. The van der Waals surface area contributed by atoms with E-state index in [4.69, 9.17) is 0 Å². The van der Waals surface area contributed by atoms with Gasteiger partial charge in [0.2, 0.25) is 0 Å². The molecule has 0 aliphatic carbocycles. The molecule has 0 bridgehead atoms. The van der Waals surface area contributed by atoms with Crippen LogP contribution in [0, 0.1) is 11.6 Å². The van der Waals surface area contributed by atoms with Gasteiger partial charge in [0, 0.05) is 5.69 Å². The van der Waals surface area contributed by atoms with Crippen LogP contribution in [0.5, 0.6) is 0 Å². The highest BCUT2D eigenvalue weighted by atomic mass is 19.1. The second kappa shape index (κ2) is 7.78. The van der Waals surface area contributed by atoms with Crippen molar-refractivity contribution in [2.45, 2.75) is 12.8 Å². The molecule has 3 nitrogen and oxygen atoms in total. The Bertz CT molecular complexity index is 906. The molecule has 5 heteroatoms. The van der Waals surface area contributed by atoms with Crippen LogP contribution < -0.4 is 5.32 Å². The van der Waals surface area contributed by atoms with Crippen LogP contribution in [0.1, 0.15) is 21.5 Å². The lowest BCUT2D eigenvalue weighted by molar-refractivity contribution is 0.0698. The summed E-state index contributed by atoms with van der Waals surface area (Å²) in [7, 11) is 0. The largest absolute Gasteiger partial charge is 0.478 e. The number of rotatable bonds is 6. The Kier molecular flexibility index (Phi) is 5.27. The van der Waals surface area contributed by atoms with Gasteiger partial charge in [-0.2, -0.15) is 0 Å². The molecule has 0 amide bonds. The Labute approximate surface area is 149 Å². The number of aryl methyl sites for hydroxylation is 2. The van der Waals surface area contributed by atoms with Crippen LogP contribution in [-0.2, 0) is 12.8 Å². The number of hydrogen-bond acceptors (Lipinski definition) is 2. The summed E-state index contributed by atoms with van der Waals surface area (Å²) in [6, 6.07) is 17.1. The van der Waals surface area contributed by atoms with Crippen molar-refractivity contribution in [2.24, 2.45) is 0 Å². The average Bonchev–Trinajstić information content (AvgIpc) is 2.63. The van der Waals surface area contributed by atoms with E-state index in [-0.39, 0.29) is 17.2 Å². The van der Waals surface area contributed by atoms with Crippen molar-refractivity contribution in [1.82, 2.24) is 0 Å². The fraction of sp³-hybridized carbons (Fsp3) is 0.0952. The molecule has 0 heterocycles. The second-order valence-corrected chi connectivity index (χ2v) is 5.94. The first-order valence-electron chi connectivity index (χ1n) is 8.14. The quantitative estimate of drug-likeness (QED) is 0.641. The van der Waals surface area contributed by atoms with Gasteiger partial charge >= 0.3 is 5.97 Å². The first kappa shape index (κ1) is 17.6. The lowest BCUT2D eigenvalue weighted by Crippen LogP contribution is -2.04. The third-order valence-corrected chi connectivity index (χ3v) is 4.05. The van der Waals surface area contributed by atoms with E-state index in [0.717, 1.165) is 11.1 Å². The van der Waals surface area contributed by atoms with Gasteiger partial charge in [-0.3, -0.25) is 0 Å². The lowest BCUT2D eigenvalue weighted by atomic mass is 10.0. The molecule has 26 heavy (non-hydrogen) atoms. The number of nitrogens with one attached hydrogen (secondary N) is 1. The summed E-state index contributed by atoms with van der Waals surface area (Å²) in [5.74, 6) is -1.67. The summed E-state index contributed by atoms with van der Waals surface area (Å²) in [5, 5.41) is 12.4. The normalized spacial score (nSPS) is 10.5. The minimum atomic E-state index is -1.04. The van der Waals surface area contributed by atoms with Crippen molar-refractivity contribution in [2.75, 3.05) is 5.32 Å². The van der Waals surface area contributed by atoms with Crippen molar-refractivity contribution < 1.29 is 18.7 Å². The van der Waals surface area contributed by atoms with Crippen LogP contribution in [0.3, 0.4) is 0 Å². The first-order chi connectivity index (χ1) is 12.5. The molecule has 0 saturated carbocycles. The number of aromatic carboxylic acids is 1. The highest BCUT2D eigenvalue weighted by Gasteiger charge is 2.11. The van der Waals surface area contributed by atoms with Gasteiger partial charge in [-0.05, 0) is 72.5 Å². The Balaban J connectivity index is 1.80. The first-order valence-corrected chi connectivity index (χ1v) is 8.14. The number of benzene rings is 3. The number of halogens is 2. The molecule has 0 spiro atoms. The van der Waals surface area contributed by atoms with E-state index < -0.39 is 5.97 Å². The molecular formula is C21H17F2NO2. The Morgan fingerprint density at radius 3 is 1.96 bits per heavy atom. The molecule has 0 unspecified atom stereocenters. The predicted octanol–water partition coefficient (Wildman–Crippen LogP) is 5.19. The molecule has 0 aromatic heterocycles. The van der Waals surface area contributed by atoms with Crippen molar-refractivity contribution >= 4 is 17.3 Å². The van der Waals surface area contributed by atoms with Gasteiger partial charge < -0.3 is 10.4 Å². The van der Waals surface area contributed by atoms with Crippen LogP contribution in [0.2, 0.25) is 0 Å². The zero-order valence-corrected chi connectivity index (χ0v) is 13.9. The Morgan fingerprint density at radius 2 is 1.35 bits per heavy atom. The van der Waals surface area contributed by atoms with E-state index in [9.17, 15) is 18.7 Å². The number of anilines is 2. The zero-order valence-electron chi connectivity index (χ0n) is 13.9. The van der Waals surface area contributed by atoms with Gasteiger partial charge in [-0.1, -0.05) is 18.2 Å². The van der Waals surface area contributed by atoms with Crippen LogP contribution in [0.4, 0.5) is 20.2 Å². The van der Waals surface area contributed by atoms with Gasteiger partial charge in [0.15, 0.2) is 0 Å². The van der Waals surface area contributed by atoms with E-state index in [1.54, 1.807) is 42.5 Å². The monoisotopic (exact) mass is 353 g/mol. The summed E-state index contributed by atoms with van der Waals surface area (Å²) >= 11 is 0. The number of hydrogen-bond donors (Lipinski definition) is 2. The topological polar surface area (TPSA) is 49.3 Å². The summed E-state index contributed by atoms with van der Waals surface area (Å²) in [4.78, 5) is 11.5. The maximum Gasteiger partial charge on any atom is 0.337 e. The predicted molar refractivity (Wildman–Crippen MR) is 96.9 cm³/mol. The summed E-state index contributed by atoms with van der Waals surface area (Å²) in [6.07, 6.45) is 1.40. The molecule has 0 aliphatic heterocycles. The fourth-order valence-electron chi connectivity index (χ4n) is 2.67. The molecular weight excluding hydrogens is 336 g/mol. The van der Waals surface area contributed by atoms with Crippen molar-refractivity contribution in [3.8, 4) is 0 Å². The summed E-state index contributed by atoms with van der Waals surface area (Å²) in [6.45, 7) is 0. The zero-order chi connectivity index (χ0) is 18.5. The highest BCUT2D eigenvalue weighted by Crippen LogP contribution is 2.24. The highest BCUT2D eigenvalue weighted by molar-refractivity contribution is 5.95. The van der Waals surface area contributed by atoms with Gasteiger partial charge in [-0.15, -0.1) is 0 Å². The van der Waals surface area contributed by atoms with E-state index in [1.807, 2.05) is 0 Å². The SMILES string of the molecule is O=C(O)c1ccc(CCc2ccc(F)cc2)cc1Nc1ccc(F)cc1. The number of carboxylic acid groups (broad SMARTS) is 1. The average molecular weight is 353 g/mol. The molecule has 3 aromatic rings. The Hall–Kier alpha value is -3.21. The second-order valence-electron chi connectivity index (χ2n) is 5.94. The van der Waals surface area contributed by atoms with Crippen LogP contribution >= 0.6 is 0 Å². The lowest BCUT2D eigenvalue weighted by Gasteiger charge is -2.12. The van der Waals surface area contributed by atoms with Crippen LogP contribution in [0.25, 0.3) is 0 Å². The van der Waals surface area contributed by atoms with Crippen LogP contribution in [-0.4, -0.2) is 11.1 Å². The minimum Gasteiger partial charge on any atom is -0.478 e. The smallest absolute Gasteiger partial charge is 0.337 e. The molecule has 3 rings (SSSR count). The molecule has 0 fully saturated rings. The van der Waals surface area contributed by atoms with Gasteiger partial charge in [0.05, 0.1) is 11.3 Å². The van der Waals surface area contributed by atoms with E-state index in [1.165, 1.54) is 24.3 Å². The molecule has 0 radical (unpaired) electrons. The van der Waals surface area contributed by atoms with Crippen molar-refractivity contribution in [1.29, 1.82) is 0 Å². The number of carbonyl (C=O) groups is 1. The maximum absolute atomic E-state index is 13.0. The van der Waals surface area contributed by atoms with Crippen LogP contribution in [0.15, 0.2) is 66.7 Å². The molecule has 0 atom stereocenters. The van der Waals surface area contributed by atoms with Crippen molar-refractivity contribution in [3.05, 3.63) is 95.1 Å². The van der Waals surface area contributed by atoms with Crippen molar-refractivity contribution in [3.63, 3.8) is 0 Å². The summed E-state index contributed by atoms with van der Waals surface area (Å²) in [5.41, 5.74) is 3.14. The van der Waals surface area contributed by atoms with Gasteiger partial charge in [-0.25, -0.2) is 13.6 Å². The molecule has 132 valence electrons. The molecule has 3 aromatic carbocycles. The van der Waals surface area contributed by atoms with E-state index in [0.29, 0.717) is 24.2 Å². The van der Waals surface area contributed by atoms with E-state index >= 15 is 0 Å². The third-order valence-electron chi connectivity index (χ3n) is 4.05. The van der Waals surface area contributed by atoms with E-state index in [2.05, 4.69) is 5.32 Å². The van der Waals surface area contributed by atoms with Gasteiger partial charge in [0.25, 0.3) is 0 Å². The third kappa shape index (κ3) is 4.45. The maximum atomic E-state index is 13.0. The standard InChI is InChI=1S/C21H17F2NO2/c22-16-6-3-14(4-7-16)1-2-15-5-12-19(21(25)26)20(13-15)24-18-10-8-17(23)9-11-18/h3-13,24H,1-2H2,(H,25,26). The molecule has 0 saturated heterocycles. The molecule has 2 N–H and O–H groups in total. The van der Waals surface area contributed by atoms with Gasteiger partial charge in [0.1, 0.15) is 11.6 Å². The molecule has 0 aliphatic rings.